The van der Waals surface area contributed by atoms with E-state index in [1.54, 1.807) is 12.1 Å². The third-order valence-electron chi connectivity index (χ3n) is 4.53. The van der Waals surface area contributed by atoms with Gasteiger partial charge in [0.15, 0.2) is 0 Å². The Labute approximate surface area is 173 Å². The molecule has 0 spiro atoms. The highest BCUT2D eigenvalue weighted by molar-refractivity contribution is 6.28. The fraction of sp³-hybridized carbons (Fsp3) is 0.273. The molecule has 0 heterocycles. The zero-order valence-electron chi connectivity index (χ0n) is 16.5. The summed E-state index contributed by atoms with van der Waals surface area (Å²) >= 11 is 0. The van der Waals surface area contributed by atoms with Gasteiger partial charge >= 0.3 is 11.9 Å². The highest BCUT2D eigenvalue weighted by Crippen LogP contribution is 2.38. The number of ketones is 2. The first-order valence-corrected chi connectivity index (χ1v) is 9.23. The molecule has 0 aromatic heterocycles. The Balaban J connectivity index is 2.91. The monoisotopic (exact) mass is 414 g/mol. The van der Waals surface area contributed by atoms with Crippen LogP contribution in [-0.4, -0.2) is 58.1 Å². The van der Waals surface area contributed by atoms with Crippen molar-refractivity contribution in [1.29, 1.82) is 0 Å². The predicted octanol–water partition coefficient (Wildman–Crippen LogP) is 2.47. The minimum absolute atomic E-state index is 0.139. The molecule has 2 aromatic carbocycles. The lowest BCUT2D eigenvalue weighted by Gasteiger charge is -2.41. The Kier molecular flexibility index (Phi) is 7.20. The van der Waals surface area contributed by atoms with Gasteiger partial charge in [0, 0.05) is 24.3 Å². The average Bonchev–Trinajstić information content (AvgIpc) is 2.76. The van der Waals surface area contributed by atoms with E-state index in [4.69, 9.17) is 9.47 Å². The molecule has 2 unspecified atom stereocenters. The number of carboxylic acid groups (broad SMARTS) is 2. The first-order valence-electron chi connectivity index (χ1n) is 9.23. The molecule has 0 radical (unpaired) electrons. The van der Waals surface area contributed by atoms with E-state index in [2.05, 4.69) is 0 Å². The quantitative estimate of drug-likeness (QED) is 0.424. The van der Waals surface area contributed by atoms with Crippen molar-refractivity contribution >= 4 is 23.5 Å². The largest absolute Gasteiger partial charge is 0.479 e. The van der Waals surface area contributed by atoms with Gasteiger partial charge in [-0.2, -0.15) is 0 Å². The number of benzene rings is 2. The van der Waals surface area contributed by atoms with E-state index in [1.165, 1.54) is 62.4 Å². The molecule has 8 nitrogen and oxygen atoms in total. The van der Waals surface area contributed by atoms with Crippen LogP contribution in [0, 0.1) is 0 Å². The normalized spacial score (nSPS) is 14.9. The van der Waals surface area contributed by atoms with Gasteiger partial charge in [0.2, 0.25) is 11.6 Å². The number of Topliss-reactive ketones (excluding diaryl/α,β-unsaturated/α-hetero) is 2. The van der Waals surface area contributed by atoms with Gasteiger partial charge in [-0.05, 0) is 13.8 Å². The number of rotatable bonds is 11. The summed E-state index contributed by atoms with van der Waals surface area (Å²) in [4.78, 5) is 52.0. The van der Waals surface area contributed by atoms with Crippen molar-refractivity contribution in [3.05, 3.63) is 71.8 Å². The van der Waals surface area contributed by atoms with E-state index < -0.39 is 34.7 Å². The van der Waals surface area contributed by atoms with Gasteiger partial charge in [-0.3, -0.25) is 9.59 Å². The third-order valence-corrected chi connectivity index (χ3v) is 4.53. The van der Waals surface area contributed by atoms with Gasteiger partial charge in [0.25, 0.3) is 11.2 Å². The van der Waals surface area contributed by atoms with E-state index in [0.717, 1.165) is 0 Å². The molecule has 0 saturated heterocycles. The Hall–Kier alpha value is -3.36. The summed E-state index contributed by atoms with van der Waals surface area (Å²) in [6.45, 7) is 2.05. The van der Waals surface area contributed by atoms with Gasteiger partial charge in [-0.15, -0.1) is 0 Å². The van der Waals surface area contributed by atoms with Gasteiger partial charge in [0.1, 0.15) is 0 Å². The van der Waals surface area contributed by atoms with Crippen molar-refractivity contribution in [3.63, 3.8) is 0 Å². The zero-order valence-corrected chi connectivity index (χ0v) is 16.5. The van der Waals surface area contributed by atoms with Crippen molar-refractivity contribution in [2.45, 2.75) is 25.0 Å². The number of carbonyl (C=O) groups is 4. The van der Waals surface area contributed by atoms with Crippen LogP contribution < -0.4 is 0 Å². The van der Waals surface area contributed by atoms with Gasteiger partial charge < -0.3 is 19.7 Å². The molecule has 0 saturated carbocycles. The molecule has 2 rings (SSSR count). The van der Waals surface area contributed by atoms with E-state index >= 15 is 0 Å². The molecule has 0 bridgehead atoms. The Morgan fingerprint density at radius 2 is 0.967 bits per heavy atom. The highest BCUT2D eigenvalue weighted by Gasteiger charge is 2.73. The highest BCUT2D eigenvalue weighted by atomic mass is 16.6. The summed E-state index contributed by atoms with van der Waals surface area (Å²) in [5.74, 6) is -6.31. The number of carbonyl (C=O) groups excluding carboxylic acids is 2. The van der Waals surface area contributed by atoms with Crippen molar-refractivity contribution in [2.24, 2.45) is 0 Å². The molecule has 158 valence electrons. The molecule has 2 N–H and O–H groups in total. The molecular formula is C22H22O8. The lowest BCUT2D eigenvalue weighted by Crippen LogP contribution is -2.73. The van der Waals surface area contributed by atoms with Gasteiger partial charge in [-0.25, -0.2) is 9.59 Å². The maximum Gasteiger partial charge on any atom is 0.348 e. The van der Waals surface area contributed by atoms with E-state index in [9.17, 15) is 29.4 Å². The van der Waals surface area contributed by atoms with Crippen molar-refractivity contribution < 1.29 is 38.9 Å². The zero-order chi connectivity index (χ0) is 22.4. The standard InChI is InChI=1S/C22H22O8/c1-3-29-21(19(25)26,17(23)15-11-7-5-8-12-15)22(20(27)28,30-4-2)18(24)16-13-9-6-10-14-16/h5-14H,3-4H2,1-2H3,(H,25,26)(H,27,28). The van der Waals surface area contributed by atoms with Gasteiger partial charge in [-0.1, -0.05) is 60.7 Å². The van der Waals surface area contributed by atoms with Crippen molar-refractivity contribution in [1.82, 2.24) is 0 Å². The maximum atomic E-state index is 13.5. The molecule has 0 aliphatic rings. The first kappa shape index (κ1) is 22.9. The first-order chi connectivity index (χ1) is 14.3. The summed E-state index contributed by atoms with van der Waals surface area (Å²) in [6, 6.07) is 14.4. The molecule has 30 heavy (non-hydrogen) atoms. The lowest BCUT2D eigenvalue weighted by atomic mass is 9.72. The SMILES string of the molecule is CCOC(C(=O)O)(C(=O)c1ccccc1)C(OCC)(C(=O)O)C(=O)c1ccccc1. The molecule has 0 amide bonds. The van der Waals surface area contributed by atoms with Crippen LogP contribution in [0.15, 0.2) is 60.7 Å². The van der Waals surface area contributed by atoms with E-state index in [0.29, 0.717) is 0 Å². The fourth-order valence-corrected chi connectivity index (χ4v) is 3.29. The molecule has 0 aliphatic heterocycles. The summed E-state index contributed by atoms with van der Waals surface area (Å²) in [7, 11) is 0. The van der Waals surface area contributed by atoms with Crippen LogP contribution in [0.4, 0.5) is 0 Å². The minimum atomic E-state index is -3.17. The number of carboxylic acids is 2. The molecular weight excluding hydrogens is 392 g/mol. The second kappa shape index (κ2) is 9.43. The van der Waals surface area contributed by atoms with Crippen molar-refractivity contribution in [3.8, 4) is 0 Å². The Bertz CT molecular complexity index is 847. The summed E-state index contributed by atoms with van der Waals surface area (Å²) < 4.78 is 10.7. The number of ether oxygens (including phenoxy) is 2. The van der Waals surface area contributed by atoms with Crippen LogP contribution in [0.25, 0.3) is 0 Å². The third kappa shape index (κ3) is 3.62. The Morgan fingerprint density at radius 3 is 1.20 bits per heavy atom. The van der Waals surface area contributed by atoms with Crippen molar-refractivity contribution in [2.75, 3.05) is 13.2 Å². The second-order valence-electron chi connectivity index (χ2n) is 6.23. The molecule has 2 aromatic rings. The van der Waals surface area contributed by atoms with Crippen LogP contribution >= 0.6 is 0 Å². The number of hydrogen-bond acceptors (Lipinski definition) is 6. The van der Waals surface area contributed by atoms with E-state index in [1.807, 2.05) is 0 Å². The average molecular weight is 414 g/mol. The number of aliphatic carboxylic acids is 2. The minimum Gasteiger partial charge on any atom is -0.479 e. The molecule has 8 heteroatoms. The lowest BCUT2D eigenvalue weighted by molar-refractivity contribution is -0.204. The maximum absolute atomic E-state index is 13.5. The second-order valence-corrected chi connectivity index (χ2v) is 6.23. The molecule has 0 fully saturated rings. The smallest absolute Gasteiger partial charge is 0.348 e. The number of hydrogen-bond donors (Lipinski definition) is 2. The topological polar surface area (TPSA) is 127 Å². The molecule has 2 atom stereocenters. The van der Waals surface area contributed by atoms with Crippen LogP contribution in [0.5, 0.6) is 0 Å². The van der Waals surface area contributed by atoms with Gasteiger partial charge in [0.05, 0.1) is 0 Å². The summed E-state index contributed by atoms with van der Waals surface area (Å²) in [6.07, 6.45) is 0. The Morgan fingerprint density at radius 1 is 0.667 bits per heavy atom. The predicted molar refractivity (Wildman–Crippen MR) is 106 cm³/mol. The molecule has 0 aliphatic carbocycles. The van der Waals surface area contributed by atoms with Crippen LogP contribution in [-0.2, 0) is 19.1 Å². The summed E-state index contributed by atoms with van der Waals surface area (Å²) in [5, 5.41) is 20.3. The van der Waals surface area contributed by atoms with E-state index in [-0.39, 0.29) is 24.3 Å². The summed E-state index contributed by atoms with van der Waals surface area (Å²) in [5.41, 5.74) is -6.62. The van der Waals surface area contributed by atoms with Crippen LogP contribution in [0.3, 0.4) is 0 Å². The van der Waals surface area contributed by atoms with Crippen LogP contribution in [0.2, 0.25) is 0 Å². The van der Waals surface area contributed by atoms with Crippen LogP contribution in [0.1, 0.15) is 34.6 Å². The fourth-order valence-electron chi connectivity index (χ4n) is 3.29.